The van der Waals surface area contributed by atoms with Crippen LogP contribution < -0.4 is 5.73 Å². The zero-order chi connectivity index (χ0) is 16.8. The minimum atomic E-state index is -1.08. The highest BCUT2D eigenvalue weighted by molar-refractivity contribution is 5.75. The molecular formula is C17H33NO4. The molecule has 0 aliphatic carbocycles. The number of rotatable bonds is 14. The molecular weight excluding hydrogens is 282 g/mol. The highest BCUT2D eigenvalue weighted by Gasteiger charge is 2.16. The Hall–Kier alpha value is -1.10. The number of nitrogens with two attached hydrogens (primary N) is 1. The number of carbonyl (C=O) groups is 2. The first-order valence-electron chi connectivity index (χ1n) is 8.69. The standard InChI is InChI=1S/C17H33NO4/c1-3-5-6-7-8-9-10-11-14(4-2)22-16(19)13-12-15(18)17(20)21/h14-15H,3-13,18H2,1-2H3,(H,20,21)/t14?,15-/m0/s1. The van der Waals surface area contributed by atoms with Crippen molar-refractivity contribution in [3.05, 3.63) is 0 Å². The average Bonchev–Trinajstić information content (AvgIpc) is 2.50. The highest BCUT2D eigenvalue weighted by atomic mass is 16.5. The molecule has 0 aromatic rings. The summed E-state index contributed by atoms with van der Waals surface area (Å²) in [5, 5.41) is 8.67. The van der Waals surface area contributed by atoms with Crippen LogP contribution in [0.15, 0.2) is 0 Å². The molecule has 0 fully saturated rings. The van der Waals surface area contributed by atoms with Crippen LogP contribution in [-0.2, 0) is 14.3 Å². The topological polar surface area (TPSA) is 89.6 Å². The van der Waals surface area contributed by atoms with Crippen LogP contribution in [0, 0.1) is 0 Å². The first-order chi connectivity index (χ1) is 10.5. The smallest absolute Gasteiger partial charge is 0.320 e. The van der Waals surface area contributed by atoms with Gasteiger partial charge < -0.3 is 15.6 Å². The highest BCUT2D eigenvalue weighted by Crippen LogP contribution is 2.14. The zero-order valence-corrected chi connectivity index (χ0v) is 14.2. The number of unbranched alkanes of at least 4 members (excludes halogenated alkanes) is 6. The summed E-state index contributed by atoms with van der Waals surface area (Å²) >= 11 is 0. The Labute approximate surface area is 134 Å². The molecule has 0 heterocycles. The van der Waals surface area contributed by atoms with Gasteiger partial charge in [-0.3, -0.25) is 9.59 Å². The predicted molar refractivity (Wildman–Crippen MR) is 87.6 cm³/mol. The van der Waals surface area contributed by atoms with Gasteiger partial charge in [0.1, 0.15) is 12.1 Å². The fraction of sp³-hybridized carbons (Fsp3) is 0.882. The monoisotopic (exact) mass is 315 g/mol. The minimum absolute atomic E-state index is 0.0517. The van der Waals surface area contributed by atoms with E-state index in [2.05, 4.69) is 6.92 Å². The lowest BCUT2D eigenvalue weighted by Crippen LogP contribution is -2.31. The van der Waals surface area contributed by atoms with Gasteiger partial charge >= 0.3 is 11.9 Å². The molecule has 0 amide bonds. The van der Waals surface area contributed by atoms with Gasteiger partial charge in [0.25, 0.3) is 0 Å². The van der Waals surface area contributed by atoms with Gasteiger partial charge in [-0.1, -0.05) is 52.4 Å². The lowest BCUT2D eigenvalue weighted by molar-refractivity contribution is -0.150. The summed E-state index contributed by atoms with van der Waals surface area (Å²) in [4.78, 5) is 22.3. The van der Waals surface area contributed by atoms with Crippen LogP contribution in [0.2, 0.25) is 0 Å². The van der Waals surface area contributed by atoms with Gasteiger partial charge in [-0.15, -0.1) is 0 Å². The van der Waals surface area contributed by atoms with Crippen molar-refractivity contribution in [1.82, 2.24) is 0 Å². The molecule has 0 rings (SSSR count). The maximum absolute atomic E-state index is 11.7. The van der Waals surface area contributed by atoms with E-state index in [9.17, 15) is 9.59 Å². The van der Waals surface area contributed by atoms with E-state index in [-0.39, 0.29) is 24.9 Å². The van der Waals surface area contributed by atoms with E-state index >= 15 is 0 Å². The SMILES string of the molecule is CCCCCCCCCC(CC)OC(=O)CC[C@H](N)C(=O)O. The van der Waals surface area contributed by atoms with Crippen LogP contribution in [0.25, 0.3) is 0 Å². The summed E-state index contributed by atoms with van der Waals surface area (Å²) in [5.74, 6) is -1.42. The van der Waals surface area contributed by atoms with Crippen molar-refractivity contribution in [2.75, 3.05) is 0 Å². The Balaban J connectivity index is 3.72. The van der Waals surface area contributed by atoms with Gasteiger partial charge in [-0.05, 0) is 25.7 Å². The van der Waals surface area contributed by atoms with E-state index in [1.165, 1.54) is 38.5 Å². The van der Waals surface area contributed by atoms with E-state index < -0.39 is 12.0 Å². The maximum atomic E-state index is 11.7. The molecule has 22 heavy (non-hydrogen) atoms. The Morgan fingerprint density at radius 1 is 1.00 bits per heavy atom. The van der Waals surface area contributed by atoms with Crippen LogP contribution in [0.3, 0.4) is 0 Å². The van der Waals surface area contributed by atoms with Gasteiger partial charge in [-0.2, -0.15) is 0 Å². The Kier molecular flexibility index (Phi) is 12.9. The molecule has 0 saturated heterocycles. The van der Waals surface area contributed by atoms with Crippen LogP contribution in [0.1, 0.15) is 84.5 Å². The van der Waals surface area contributed by atoms with Crippen LogP contribution in [-0.4, -0.2) is 29.2 Å². The summed E-state index contributed by atoms with van der Waals surface area (Å²) < 4.78 is 5.39. The van der Waals surface area contributed by atoms with Gasteiger partial charge in [0.2, 0.25) is 0 Å². The molecule has 0 aliphatic rings. The first-order valence-corrected chi connectivity index (χ1v) is 8.69. The quantitative estimate of drug-likeness (QED) is 0.377. The lowest BCUT2D eigenvalue weighted by Gasteiger charge is -2.16. The van der Waals surface area contributed by atoms with E-state index in [0.717, 1.165) is 19.3 Å². The van der Waals surface area contributed by atoms with Crippen molar-refractivity contribution in [3.63, 3.8) is 0 Å². The largest absolute Gasteiger partial charge is 0.480 e. The fourth-order valence-corrected chi connectivity index (χ4v) is 2.32. The number of carboxylic acids is 1. The summed E-state index contributed by atoms with van der Waals surface area (Å²) in [5.41, 5.74) is 5.37. The van der Waals surface area contributed by atoms with Crippen LogP contribution in [0.5, 0.6) is 0 Å². The van der Waals surface area contributed by atoms with Gasteiger partial charge in [0.15, 0.2) is 0 Å². The Bertz CT molecular complexity index is 307. The molecule has 0 aliphatic heterocycles. The number of aliphatic carboxylic acids is 1. The lowest BCUT2D eigenvalue weighted by atomic mass is 10.1. The molecule has 5 nitrogen and oxygen atoms in total. The number of hydrogen-bond donors (Lipinski definition) is 2. The predicted octanol–water partition coefficient (Wildman–Crippen LogP) is 3.64. The van der Waals surface area contributed by atoms with Gasteiger partial charge in [-0.25, -0.2) is 0 Å². The third-order valence-electron chi connectivity index (χ3n) is 3.86. The molecule has 0 bridgehead atoms. The second kappa shape index (κ2) is 13.6. The van der Waals surface area contributed by atoms with Crippen molar-refractivity contribution in [2.24, 2.45) is 5.73 Å². The zero-order valence-electron chi connectivity index (χ0n) is 14.2. The summed E-state index contributed by atoms with van der Waals surface area (Å²) in [6, 6.07) is -0.990. The Morgan fingerprint density at radius 2 is 1.59 bits per heavy atom. The van der Waals surface area contributed by atoms with E-state index in [1.54, 1.807) is 0 Å². The van der Waals surface area contributed by atoms with Crippen LogP contribution >= 0.6 is 0 Å². The number of hydrogen-bond acceptors (Lipinski definition) is 4. The van der Waals surface area contributed by atoms with Gasteiger partial charge in [0, 0.05) is 6.42 Å². The molecule has 0 aromatic heterocycles. The maximum Gasteiger partial charge on any atom is 0.320 e. The van der Waals surface area contributed by atoms with E-state index in [4.69, 9.17) is 15.6 Å². The third-order valence-corrected chi connectivity index (χ3v) is 3.86. The van der Waals surface area contributed by atoms with E-state index in [0.29, 0.717) is 0 Å². The summed E-state index contributed by atoms with van der Waals surface area (Å²) in [7, 11) is 0. The van der Waals surface area contributed by atoms with Gasteiger partial charge in [0.05, 0.1) is 0 Å². The average molecular weight is 315 g/mol. The van der Waals surface area contributed by atoms with Crippen molar-refractivity contribution < 1.29 is 19.4 Å². The van der Waals surface area contributed by atoms with Crippen molar-refractivity contribution >= 4 is 11.9 Å². The van der Waals surface area contributed by atoms with E-state index in [1.807, 2.05) is 6.92 Å². The molecule has 1 unspecified atom stereocenters. The van der Waals surface area contributed by atoms with Crippen molar-refractivity contribution in [2.45, 2.75) is 96.6 Å². The molecule has 3 N–H and O–H groups in total. The number of carboxylic acid groups (broad SMARTS) is 1. The summed E-state index contributed by atoms with van der Waals surface area (Å²) in [6.07, 6.45) is 10.5. The number of carbonyl (C=O) groups excluding carboxylic acids is 1. The molecule has 0 aromatic carbocycles. The molecule has 130 valence electrons. The van der Waals surface area contributed by atoms with Crippen molar-refractivity contribution in [1.29, 1.82) is 0 Å². The van der Waals surface area contributed by atoms with Crippen LogP contribution in [0.4, 0.5) is 0 Å². The molecule has 0 spiro atoms. The number of ether oxygens (including phenoxy) is 1. The normalized spacial score (nSPS) is 13.6. The molecule has 5 heteroatoms. The second-order valence-electron chi connectivity index (χ2n) is 5.91. The summed E-state index contributed by atoms with van der Waals surface area (Å²) in [6.45, 7) is 4.21. The molecule has 2 atom stereocenters. The third kappa shape index (κ3) is 11.5. The minimum Gasteiger partial charge on any atom is -0.480 e. The first kappa shape index (κ1) is 20.9. The fourth-order valence-electron chi connectivity index (χ4n) is 2.32. The Morgan fingerprint density at radius 3 is 2.14 bits per heavy atom. The second-order valence-corrected chi connectivity index (χ2v) is 5.91. The molecule has 0 radical (unpaired) electrons. The van der Waals surface area contributed by atoms with Crippen molar-refractivity contribution in [3.8, 4) is 0 Å². The number of esters is 1. The molecule has 0 saturated carbocycles.